The number of thiazole rings is 1. The maximum absolute atomic E-state index is 12.6. The monoisotopic (exact) mass is 384 g/mol. The SMILES string of the molecule is CC(C)(C)SC1CCC(NS(=O)(=O)c2nc3ccccc3s2)CC1. The fourth-order valence-electron chi connectivity index (χ4n) is 3.03. The first-order valence-electron chi connectivity index (χ1n) is 8.29. The van der Waals surface area contributed by atoms with Gasteiger partial charge in [0.15, 0.2) is 0 Å². The summed E-state index contributed by atoms with van der Waals surface area (Å²) in [6.45, 7) is 6.71. The van der Waals surface area contributed by atoms with Crippen molar-refractivity contribution < 1.29 is 8.42 Å². The fraction of sp³-hybridized carbons (Fsp3) is 0.588. The highest BCUT2D eigenvalue weighted by atomic mass is 32.2. The molecule has 2 aromatic rings. The summed E-state index contributed by atoms with van der Waals surface area (Å²) in [6, 6.07) is 7.55. The lowest BCUT2D eigenvalue weighted by Crippen LogP contribution is -2.38. The van der Waals surface area contributed by atoms with Crippen molar-refractivity contribution in [3.05, 3.63) is 24.3 Å². The summed E-state index contributed by atoms with van der Waals surface area (Å²) in [7, 11) is -3.52. The summed E-state index contributed by atoms with van der Waals surface area (Å²) < 4.78 is 29.4. The van der Waals surface area contributed by atoms with Crippen LogP contribution in [0.3, 0.4) is 0 Å². The minimum atomic E-state index is -3.52. The van der Waals surface area contributed by atoms with E-state index < -0.39 is 10.0 Å². The second-order valence-corrected chi connectivity index (χ2v) is 12.3. The van der Waals surface area contributed by atoms with Crippen LogP contribution in [0.4, 0.5) is 0 Å². The second kappa shape index (κ2) is 6.94. The standard InChI is InChI=1S/C17H24N2O2S3/c1-17(2,3)23-13-10-8-12(9-11-13)19-24(20,21)16-18-14-6-4-5-7-15(14)22-16/h4-7,12-13,19H,8-11H2,1-3H3. The first-order valence-corrected chi connectivity index (χ1v) is 11.5. The quantitative estimate of drug-likeness (QED) is 0.848. The predicted octanol–water partition coefficient (Wildman–Crippen LogP) is 4.42. The Morgan fingerprint density at radius 1 is 1.17 bits per heavy atom. The Balaban J connectivity index is 1.63. The normalized spacial score (nSPS) is 22.8. The Bertz CT molecular complexity index is 768. The van der Waals surface area contributed by atoms with Gasteiger partial charge in [0.1, 0.15) is 0 Å². The third-order valence-corrected chi connectivity index (χ3v) is 8.47. The van der Waals surface area contributed by atoms with Crippen LogP contribution in [0.2, 0.25) is 0 Å². The van der Waals surface area contributed by atoms with Crippen LogP contribution in [0, 0.1) is 0 Å². The van der Waals surface area contributed by atoms with Gasteiger partial charge in [-0.05, 0) is 37.8 Å². The molecule has 24 heavy (non-hydrogen) atoms. The van der Waals surface area contributed by atoms with Crippen LogP contribution in [0.1, 0.15) is 46.5 Å². The number of aromatic nitrogens is 1. The van der Waals surface area contributed by atoms with Crippen LogP contribution >= 0.6 is 23.1 Å². The Kier molecular flexibility index (Phi) is 5.25. The highest BCUT2D eigenvalue weighted by Crippen LogP contribution is 2.36. The molecule has 1 aliphatic rings. The number of thioether (sulfide) groups is 1. The van der Waals surface area contributed by atoms with E-state index in [4.69, 9.17) is 0 Å². The molecule has 0 spiro atoms. The molecular weight excluding hydrogens is 360 g/mol. The number of nitrogens with zero attached hydrogens (tertiary/aromatic N) is 1. The van der Waals surface area contributed by atoms with E-state index in [1.807, 2.05) is 36.0 Å². The Morgan fingerprint density at radius 3 is 2.46 bits per heavy atom. The summed E-state index contributed by atoms with van der Waals surface area (Å²) in [6.07, 6.45) is 3.93. The van der Waals surface area contributed by atoms with Crippen LogP contribution in [-0.2, 0) is 10.0 Å². The van der Waals surface area contributed by atoms with Crippen LogP contribution in [0.15, 0.2) is 28.6 Å². The van der Waals surface area contributed by atoms with Gasteiger partial charge in [0, 0.05) is 16.0 Å². The molecular formula is C17H24N2O2S3. The molecule has 3 rings (SSSR count). The number of hydrogen-bond donors (Lipinski definition) is 1. The van der Waals surface area contributed by atoms with Gasteiger partial charge in [0.2, 0.25) is 4.34 Å². The molecule has 1 saturated carbocycles. The number of nitrogens with one attached hydrogen (secondary N) is 1. The molecule has 1 aromatic carbocycles. The average molecular weight is 385 g/mol. The zero-order chi connectivity index (χ0) is 17.4. The molecule has 0 amide bonds. The summed E-state index contributed by atoms with van der Waals surface area (Å²) in [5, 5.41) is 0.633. The molecule has 0 bridgehead atoms. The molecule has 0 radical (unpaired) electrons. The molecule has 0 atom stereocenters. The Labute approximate surface area is 152 Å². The molecule has 1 aromatic heterocycles. The van der Waals surface area contributed by atoms with E-state index in [1.165, 1.54) is 11.3 Å². The number of sulfonamides is 1. The van der Waals surface area contributed by atoms with Crippen molar-refractivity contribution in [1.82, 2.24) is 9.71 Å². The van der Waals surface area contributed by atoms with Crippen molar-refractivity contribution in [2.24, 2.45) is 0 Å². The van der Waals surface area contributed by atoms with Gasteiger partial charge in [-0.15, -0.1) is 11.3 Å². The number of rotatable bonds is 4. The zero-order valence-electron chi connectivity index (χ0n) is 14.3. The Hall–Kier alpha value is -0.630. The molecule has 1 N–H and O–H groups in total. The van der Waals surface area contributed by atoms with Gasteiger partial charge in [-0.1, -0.05) is 32.9 Å². The third kappa shape index (κ3) is 4.50. The molecule has 1 aliphatic carbocycles. The van der Waals surface area contributed by atoms with E-state index in [-0.39, 0.29) is 15.1 Å². The molecule has 132 valence electrons. The molecule has 0 saturated heterocycles. The smallest absolute Gasteiger partial charge is 0.224 e. The van der Waals surface area contributed by atoms with Crippen molar-refractivity contribution in [2.75, 3.05) is 0 Å². The molecule has 0 aliphatic heterocycles. The number of fused-ring (bicyclic) bond motifs is 1. The lowest BCUT2D eigenvalue weighted by atomic mass is 9.96. The van der Waals surface area contributed by atoms with Gasteiger partial charge in [0.05, 0.1) is 10.2 Å². The maximum Gasteiger partial charge on any atom is 0.268 e. The number of hydrogen-bond acceptors (Lipinski definition) is 5. The van der Waals surface area contributed by atoms with Gasteiger partial charge in [-0.2, -0.15) is 11.8 Å². The third-order valence-electron chi connectivity index (χ3n) is 4.02. The summed E-state index contributed by atoms with van der Waals surface area (Å²) in [5.41, 5.74) is 0.744. The van der Waals surface area contributed by atoms with Gasteiger partial charge in [0.25, 0.3) is 10.0 Å². The zero-order valence-corrected chi connectivity index (χ0v) is 16.7. The van der Waals surface area contributed by atoms with E-state index in [9.17, 15) is 8.42 Å². The lowest BCUT2D eigenvalue weighted by Gasteiger charge is -2.32. The van der Waals surface area contributed by atoms with Gasteiger partial charge < -0.3 is 0 Å². The van der Waals surface area contributed by atoms with Crippen molar-refractivity contribution in [3.8, 4) is 0 Å². The highest BCUT2D eigenvalue weighted by molar-refractivity contribution is 8.01. The molecule has 1 heterocycles. The highest BCUT2D eigenvalue weighted by Gasteiger charge is 2.29. The van der Waals surface area contributed by atoms with Crippen molar-refractivity contribution in [1.29, 1.82) is 0 Å². The van der Waals surface area contributed by atoms with Gasteiger partial charge in [-0.25, -0.2) is 18.1 Å². The van der Waals surface area contributed by atoms with Crippen molar-refractivity contribution in [3.63, 3.8) is 0 Å². The van der Waals surface area contributed by atoms with Crippen LogP contribution < -0.4 is 4.72 Å². The van der Waals surface area contributed by atoms with Crippen LogP contribution in [-0.4, -0.2) is 29.4 Å². The lowest BCUT2D eigenvalue weighted by molar-refractivity contribution is 0.418. The van der Waals surface area contributed by atoms with Gasteiger partial charge >= 0.3 is 0 Å². The summed E-state index contributed by atoms with van der Waals surface area (Å²) in [4.78, 5) is 4.28. The van der Waals surface area contributed by atoms with Crippen LogP contribution in [0.5, 0.6) is 0 Å². The first-order chi connectivity index (χ1) is 11.2. The molecule has 0 unspecified atom stereocenters. The summed E-state index contributed by atoms with van der Waals surface area (Å²) in [5.74, 6) is 0. The topological polar surface area (TPSA) is 59.1 Å². The first kappa shape index (κ1) is 18.2. The second-order valence-electron chi connectivity index (χ2n) is 7.27. The largest absolute Gasteiger partial charge is 0.268 e. The Morgan fingerprint density at radius 2 is 1.83 bits per heavy atom. The van der Waals surface area contributed by atoms with E-state index >= 15 is 0 Å². The van der Waals surface area contributed by atoms with Crippen molar-refractivity contribution in [2.45, 2.75) is 66.8 Å². The maximum atomic E-state index is 12.6. The molecule has 1 fully saturated rings. The van der Waals surface area contributed by atoms with E-state index in [0.29, 0.717) is 5.25 Å². The van der Waals surface area contributed by atoms with Crippen molar-refractivity contribution >= 4 is 43.3 Å². The van der Waals surface area contributed by atoms with Gasteiger partial charge in [-0.3, -0.25) is 0 Å². The van der Waals surface area contributed by atoms with E-state index in [2.05, 4.69) is 30.5 Å². The molecule has 4 nitrogen and oxygen atoms in total. The average Bonchev–Trinajstić information content (AvgIpc) is 2.92. The van der Waals surface area contributed by atoms with Crippen LogP contribution in [0.25, 0.3) is 10.2 Å². The number of benzene rings is 1. The minimum Gasteiger partial charge on any atom is -0.224 e. The molecule has 7 heteroatoms. The predicted molar refractivity (Wildman–Crippen MR) is 103 cm³/mol. The number of para-hydroxylation sites is 1. The minimum absolute atomic E-state index is 0.0267. The fourth-order valence-corrected chi connectivity index (χ4v) is 7.09. The van der Waals surface area contributed by atoms with E-state index in [0.717, 1.165) is 35.9 Å². The van der Waals surface area contributed by atoms with E-state index in [1.54, 1.807) is 0 Å². The summed E-state index contributed by atoms with van der Waals surface area (Å²) >= 11 is 3.25.